The number of amides is 2. The van der Waals surface area contributed by atoms with Crippen LogP contribution >= 0.6 is 11.3 Å². The van der Waals surface area contributed by atoms with Gasteiger partial charge >= 0.3 is 0 Å². The van der Waals surface area contributed by atoms with Gasteiger partial charge in [-0.25, -0.2) is 0 Å². The smallest absolute Gasteiger partial charge is 0.231 e. The third kappa shape index (κ3) is 5.28. The first kappa shape index (κ1) is 20.3. The first-order valence-corrected chi connectivity index (χ1v) is 10.3. The van der Waals surface area contributed by atoms with Gasteiger partial charge in [0.15, 0.2) is 0 Å². The molecule has 8 heteroatoms. The number of para-hydroxylation sites is 1. The minimum atomic E-state index is -0.349. The molecule has 1 fully saturated rings. The molecule has 1 saturated heterocycles. The molecule has 0 spiro atoms. The molecule has 7 nitrogen and oxygen atoms in total. The lowest BCUT2D eigenvalue weighted by Crippen LogP contribution is -2.42. The molecule has 1 aromatic heterocycles. The van der Waals surface area contributed by atoms with Crippen molar-refractivity contribution in [2.45, 2.75) is 45.6 Å². The van der Waals surface area contributed by atoms with E-state index in [9.17, 15) is 9.59 Å². The van der Waals surface area contributed by atoms with Crippen LogP contribution < -0.4 is 10.1 Å². The second-order valence-electron chi connectivity index (χ2n) is 7.83. The maximum Gasteiger partial charge on any atom is 0.231 e. The number of likely N-dealkylation sites (tertiary alicyclic amines) is 1. The summed E-state index contributed by atoms with van der Waals surface area (Å²) >= 11 is 1.37. The van der Waals surface area contributed by atoms with E-state index < -0.39 is 0 Å². The summed E-state index contributed by atoms with van der Waals surface area (Å²) in [6.45, 7) is 6.96. The van der Waals surface area contributed by atoms with Crippen LogP contribution in [0.15, 0.2) is 30.3 Å². The van der Waals surface area contributed by atoms with Gasteiger partial charge in [-0.05, 0) is 39.3 Å². The number of benzene rings is 1. The molecule has 0 unspecified atom stereocenters. The van der Waals surface area contributed by atoms with Crippen LogP contribution in [0.1, 0.15) is 38.6 Å². The van der Waals surface area contributed by atoms with Gasteiger partial charge in [-0.1, -0.05) is 29.5 Å². The number of hydrogen-bond acceptors (Lipinski definition) is 6. The summed E-state index contributed by atoms with van der Waals surface area (Å²) in [4.78, 5) is 26.4. The molecule has 0 aliphatic carbocycles. The van der Waals surface area contributed by atoms with E-state index in [0.717, 1.165) is 23.6 Å². The predicted molar refractivity (Wildman–Crippen MR) is 108 cm³/mol. The van der Waals surface area contributed by atoms with Gasteiger partial charge in [0.05, 0.1) is 12.5 Å². The third-order valence-corrected chi connectivity index (χ3v) is 5.45. The Morgan fingerprint density at radius 3 is 2.71 bits per heavy atom. The Balaban J connectivity index is 1.44. The highest BCUT2D eigenvalue weighted by Gasteiger charge is 2.39. The lowest BCUT2D eigenvalue weighted by atomic mass is 10.1. The molecule has 2 amide bonds. The number of aryl methyl sites for hydroxylation is 1. The summed E-state index contributed by atoms with van der Waals surface area (Å²) in [7, 11) is 0. The Labute approximate surface area is 169 Å². The monoisotopic (exact) mass is 402 g/mol. The van der Waals surface area contributed by atoms with E-state index in [1.165, 1.54) is 11.3 Å². The summed E-state index contributed by atoms with van der Waals surface area (Å²) in [5, 5.41) is 12.3. The topological polar surface area (TPSA) is 84.4 Å². The Morgan fingerprint density at radius 2 is 2.04 bits per heavy atom. The van der Waals surface area contributed by atoms with Crippen molar-refractivity contribution in [2.24, 2.45) is 5.92 Å². The Hall–Kier alpha value is -2.48. The minimum absolute atomic E-state index is 0.0176. The molecule has 150 valence electrons. The number of nitrogens with one attached hydrogen (secondary N) is 1. The Bertz CT molecular complexity index is 816. The number of nitrogens with zero attached hydrogens (tertiary/aromatic N) is 3. The predicted octanol–water partition coefficient (Wildman–Crippen LogP) is 3.14. The van der Waals surface area contributed by atoms with Crippen molar-refractivity contribution in [2.75, 3.05) is 18.5 Å². The number of ether oxygens (including phenoxy) is 1. The van der Waals surface area contributed by atoms with Gasteiger partial charge in [-0.2, -0.15) is 0 Å². The molecular weight excluding hydrogens is 376 g/mol. The van der Waals surface area contributed by atoms with Crippen molar-refractivity contribution in [3.63, 3.8) is 0 Å². The van der Waals surface area contributed by atoms with Gasteiger partial charge in [0.2, 0.25) is 16.9 Å². The van der Waals surface area contributed by atoms with Crippen LogP contribution in [0.4, 0.5) is 5.13 Å². The summed E-state index contributed by atoms with van der Waals surface area (Å²) in [6.07, 6.45) is 1.79. The SMILES string of the molecule is CC(C)(C)N1C[C@@H](C(=O)Nc2nnc(CCCOc3ccccc3)s2)CC1=O. The average Bonchev–Trinajstić information content (AvgIpc) is 3.26. The van der Waals surface area contributed by atoms with E-state index in [2.05, 4.69) is 15.5 Å². The molecule has 2 aromatic rings. The van der Waals surface area contributed by atoms with Gasteiger partial charge in [0.1, 0.15) is 10.8 Å². The molecule has 3 rings (SSSR count). The van der Waals surface area contributed by atoms with Crippen LogP contribution in [0.25, 0.3) is 0 Å². The lowest BCUT2D eigenvalue weighted by molar-refractivity contribution is -0.131. The second-order valence-corrected chi connectivity index (χ2v) is 8.89. The van der Waals surface area contributed by atoms with Gasteiger partial charge < -0.3 is 15.0 Å². The largest absolute Gasteiger partial charge is 0.494 e. The van der Waals surface area contributed by atoms with Gasteiger partial charge in [0.25, 0.3) is 0 Å². The first-order valence-electron chi connectivity index (χ1n) is 9.44. The number of rotatable bonds is 7. The van der Waals surface area contributed by atoms with E-state index in [4.69, 9.17) is 4.74 Å². The number of carbonyl (C=O) groups is 2. The summed E-state index contributed by atoms with van der Waals surface area (Å²) in [6, 6.07) is 9.67. The molecule has 1 aromatic carbocycles. The Kier molecular flexibility index (Phi) is 6.28. The van der Waals surface area contributed by atoms with Crippen LogP contribution in [0.2, 0.25) is 0 Å². The van der Waals surface area contributed by atoms with E-state index >= 15 is 0 Å². The quantitative estimate of drug-likeness (QED) is 0.719. The third-order valence-electron chi connectivity index (χ3n) is 4.55. The maximum absolute atomic E-state index is 12.5. The van der Waals surface area contributed by atoms with E-state index in [-0.39, 0.29) is 29.7 Å². The molecule has 1 aliphatic rings. The number of aromatic nitrogens is 2. The Morgan fingerprint density at radius 1 is 1.29 bits per heavy atom. The molecule has 1 aliphatic heterocycles. The van der Waals surface area contributed by atoms with Crippen molar-refractivity contribution in [3.05, 3.63) is 35.3 Å². The van der Waals surface area contributed by atoms with Gasteiger partial charge in [-0.3, -0.25) is 9.59 Å². The molecule has 0 radical (unpaired) electrons. The van der Waals surface area contributed by atoms with Crippen molar-refractivity contribution in [1.29, 1.82) is 0 Å². The summed E-state index contributed by atoms with van der Waals surface area (Å²) in [5.41, 5.74) is -0.274. The zero-order chi connectivity index (χ0) is 20.1. The van der Waals surface area contributed by atoms with E-state index in [0.29, 0.717) is 18.3 Å². The zero-order valence-electron chi connectivity index (χ0n) is 16.5. The summed E-state index contributed by atoms with van der Waals surface area (Å²) in [5.74, 6) is 0.348. The highest BCUT2D eigenvalue weighted by Crippen LogP contribution is 2.27. The highest BCUT2D eigenvalue weighted by atomic mass is 32.1. The summed E-state index contributed by atoms with van der Waals surface area (Å²) < 4.78 is 5.66. The van der Waals surface area contributed by atoms with Gasteiger partial charge in [0, 0.05) is 24.9 Å². The lowest BCUT2D eigenvalue weighted by Gasteiger charge is -2.31. The van der Waals surface area contributed by atoms with Gasteiger partial charge in [-0.15, -0.1) is 10.2 Å². The number of hydrogen-bond donors (Lipinski definition) is 1. The molecule has 28 heavy (non-hydrogen) atoms. The fourth-order valence-electron chi connectivity index (χ4n) is 3.07. The molecule has 1 N–H and O–H groups in total. The second kappa shape index (κ2) is 8.68. The van der Waals surface area contributed by atoms with Crippen molar-refractivity contribution >= 4 is 28.3 Å². The number of anilines is 1. The molecule has 2 heterocycles. The van der Waals surface area contributed by atoms with Crippen LogP contribution in [-0.2, 0) is 16.0 Å². The number of carbonyl (C=O) groups excluding carboxylic acids is 2. The highest BCUT2D eigenvalue weighted by molar-refractivity contribution is 7.15. The normalized spacial score (nSPS) is 17.0. The zero-order valence-corrected chi connectivity index (χ0v) is 17.3. The molecule has 1 atom stereocenters. The maximum atomic E-state index is 12.5. The fourth-order valence-corrected chi connectivity index (χ4v) is 3.86. The fraction of sp³-hybridized carbons (Fsp3) is 0.500. The minimum Gasteiger partial charge on any atom is -0.494 e. The standard InChI is InChI=1S/C20H26N4O3S/c1-20(2,3)24-13-14(12-17(24)25)18(26)21-19-23-22-16(28-19)10-7-11-27-15-8-5-4-6-9-15/h4-6,8-9,14H,7,10-13H2,1-3H3,(H,21,23,26)/t14-/m0/s1. The first-order chi connectivity index (χ1) is 13.3. The van der Waals surface area contributed by atoms with Crippen LogP contribution in [0.3, 0.4) is 0 Å². The van der Waals surface area contributed by atoms with E-state index in [1.54, 1.807) is 4.90 Å². The molecule has 0 saturated carbocycles. The molecular formula is C20H26N4O3S. The van der Waals surface area contributed by atoms with Crippen LogP contribution in [-0.4, -0.2) is 45.6 Å². The van der Waals surface area contributed by atoms with E-state index in [1.807, 2.05) is 51.1 Å². The average molecular weight is 403 g/mol. The molecule has 0 bridgehead atoms. The van der Waals surface area contributed by atoms with Crippen LogP contribution in [0.5, 0.6) is 5.75 Å². The van der Waals surface area contributed by atoms with Crippen molar-refractivity contribution < 1.29 is 14.3 Å². The van der Waals surface area contributed by atoms with Crippen molar-refractivity contribution in [3.8, 4) is 5.75 Å². The van der Waals surface area contributed by atoms with Crippen molar-refractivity contribution in [1.82, 2.24) is 15.1 Å². The van der Waals surface area contributed by atoms with Crippen LogP contribution in [0, 0.1) is 5.92 Å².